The van der Waals surface area contributed by atoms with Crippen LogP contribution in [0.5, 0.6) is 0 Å². The Bertz CT molecular complexity index is 1050. The molecule has 3 rings (SSSR count). The number of nitrogens with two attached hydrogens (primary N) is 1. The normalized spacial score (nSPS) is 12.0. The molecule has 4 N–H and O–H groups in total. The number of rotatable bonds is 6. The van der Waals surface area contributed by atoms with Gasteiger partial charge in [-0.3, -0.25) is 4.68 Å². The Hall–Kier alpha value is -3.66. The van der Waals surface area contributed by atoms with Crippen molar-refractivity contribution in [3.8, 4) is 0 Å². The van der Waals surface area contributed by atoms with Crippen LogP contribution < -0.4 is 5.73 Å². The van der Waals surface area contributed by atoms with Gasteiger partial charge >= 0.3 is 17.9 Å². The summed E-state index contributed by atoms with van der Waals surface area (Å²) < 4.78 is 12.4. The fraction of sp³-hybridized carbons (Fsp3) is 0.263. The molecule has 0 amide bonds. The quantitative estimate of drug-likeness (QED) is 0.413. The van der Waals surface area contributed by atoms with E-state index in [1.165, 1.54) is 0 Å². The summed E-state index contributed by atoms with van der Waals surface area (Å²) in [5.41, 5.74) is 7.41. The molecule has 0 radical (unpaired) electrons. The van der Waals surface area contributed by atoms with Crippen LogP contribution in [0.15, 0.2) is 41.0 Å². The molecule has 2 aromatic heterocycles. The summed E-state index contributed by atoms with van der Waals surface area (Å²) in [5, 5.41) is 21.8. The average molecular weight is 403 g/mol. The minimum Gasteiger partial charge on any atom is -0.478 e. The lowest BCUT2D eigenvalue weighted by molar-refractivity contribution is -0.134. The highest BCUT2D eigenvalue weighted by Crippen LogP contribution is 2.28. The molecule has 10 nitrogen and oxygen atoms in total. The number of carboxylic acids is 2. The average Bonchev–Trinajstić information content (AvgIpc) is 3.24. The minimum atomic E-state index is -1.26. The molecule has 0 aliphatic rings. The topological polar surface area (TPSA) is 158 Å². The van der Waals surface area contributed by atoms with Gasteiger partial charge in [0.25, 0.3) is 0 Å². The van der Waals surface area contributed by atoms with Gasteiger partial charge in [-0.2, -0.15) is 5.10 Å². The maximum Gasteiger partial charge on any atom is 0.374 e. The van der Waals surface area contributed by atoms with Crippen molar-refractivity contribution >= 4 is 39.8 Å². The summed E-state index contributed by atoms with van der Waals surface area (Å²) >= 11 is 0. The Morgan fingerprint density at radius 2 is 1.93 bits per heavy atom. The highest BCUT2D eigenvalue weighted by atomic mass is 16.5. The summed E-state index contributed by atoms with van der Waals surface area (Å²) in [7, 11) is 0. The molecular formula is C19H21N3O7. The number of hydrogen-bond donors (Lipinski definition) is 3. The zero-order chi connectivity index (χ0) is 21.6. The standard InChI is InChI=1S/C15H17N3O3.C4H4O4/c1-3-20-15(19)13-6-11-12(21-13)5-4-10-7-17-18(14(10)11)8-9(2)16;5-3(6)1-2-4(7)8/h4-7,9H,3,8,16H2,1-2H3;1-2H,(H,5,6)(H,7,8). The van der Waals surface area contributed by atoms with E-state index in [4.69, 9.17) is 25.1 Å². The number of carboxylic acid groups (broad SMARTS) is 2. The maximum absolute atomic E-state index is 11.8. The predicted octanol–water partition coefficient (Wildman–Crippen LogP) is 2.02. The van der Waals surface area contributed by atoms with Gasteiger partial charge in [-0.05, 0) is 26.0 Å². The van der Waals surface area contributed by atoms with E-state index < -0.39 is 17.9 Å². The monoisotopic (exact) mass is 403 g/mol. The number of esters is 1. The van der Waals surface area contributed by atoms with Crippen molar-refractivity contribution in [3.05, 3.63) is 42.3 Å². The molecule has 0 saturated carbocycles. The molecular weight excluding hydrogens is 382 g/mol. The third kappa shape index (κ3) is 5.66. The highest BCUT2D eigenvalue weighted by molar-refractivity contribution is 6.06. The Morgan fingerprint density at radius 1 is 1.28 bits per heavy atom. The summed E-state index contributed by atoms with van der Waals surface area (Å²) in [5.74, 6) is -2.77. The molecule has 154 valence electrons. The molecule has 1 aromatic carbocycles. The Morgan fingerprint density at radius 3 is 2.48 bits per heavy atom. The second kappa shape index (κ2) is 9.51. The van der Waals surface area contributed by atoms with E-state index in [9.17, 15) is 14.4 Å². The van der Waals surface area contributed by atoms with Crippen LogP contribution in [-0.2, 0) is 20.9 Å². The van der Waals surface area contributed by atoms with Crippen molar-refractivity contribution in [2.45, 2.75) is 26.4 Å². The lowest BCUT2D eigenvalue weighted by Gasteiger charge is -2.06. The van der Waals surface area contributed by atoms with Gasteiger partial charge in [0, 0.05) is 35.0 Å². The molecule has 0 fully saturated rings. The zero-order valence-corrected chi connectivity index (χ0v) is 15.9. The molecule has 0 spiro atoms. The van der Waals surface area contributed by atoms with Crippen LogP contribution in [0.1, 0.15) is 24.4 Å². The fourth-order valence-electron chi connectivity index (χ4n) is 2.55. The van der Waals surface area contributed by atoms with Crippen LogP contribution >= 0.6 is 0 Å². The van der Waals surface area contributed by atoms with Gasteiger partial charge in [0.1, 0.15) is 5.58 Å². The first-order chi connectivity index (χ1) is 13.7. The third-order valence-corrected chi connectivity index (χ3v) is 3.60. The highest BCUT2D eigenvalue weighted by Gasteiger charge is 2.17. The zero-order valence-electron chi connectivity index (χ0n) is 15.9. The van der Waals surface area contributed by atoms with Crippen molar-refractivity contribution in [2.24, 2.45) is 5.73 Å². The molecule has 1 unspecified atom stereocenters. The lowest BCUT2D eigenvalue weighted by Crippen LogP contribution is -2.22. The number of ether oxygens (including phenoxy) is 1. The first kappa shape index (κ1) is 21.6. The summed E-state index contributed by atoms with van der Waals surface area (Å²) in [6, 6.07) is 5.44. The van der Waals surface area contributed by atoms with E-state index in [2.05, 4.69) is 5.10 Å². The van der Waals surface area contributed by atoms with Gasteiger partial charge in [-0.15, -0.1) is 0 Å². The number of aromatic nitrogens is 2. The van der Waals surface area contributed by atoms with E-state index in [0.717, 1.165) is 16.3 Å². The number of nitrogens with zero attached hydrogens (tertiary/aromatic N) is 2. The van der Waals surface area contributed by atoms with Crippen LogP contribution in [0.2, 0.25) is 0 Å². The molecule has 2 heterocycles. The van der Waals surface area contributed by atoms with Crippen molar-refractivity contribution in [1.29, 1.82) is 0 Å². The van der Waals surface area contributed by atoms with Crippen LogP contribution in [0, 0.1) is 0 Å². The Balaban J connectivity index is 0.000000321. The molecule has 29 heavy (non-hydrogen) atoms. The van der Waals surface area contributed by atoms with E-state index >= 15 is 0 Å². The number of carbonyl (C=O) groups excluding carboxylic acids is 1. The molecule has 0 aliphatic heterocycles. The lowest BCUT2D eigenvalue weighted by atomic mass is 10.2. The Kier molecular flexibility index (Phi) is 7.10. The molecule has 10 heteroatoms. The SMILES string of the molecule is CCOC(=O)c1cc2c(ccc3cnn(CC(C)N)c32)o1.O=C(O)C=CC(=O)O. The van der Waals surface area contributed by atoms with E-state index in [1.54, 1.807) is 19.2 Å². The van der Waals surface area contributed by atoms with Gasteiger partial charge in [0.15, 0.2) is 0 Å². The van der Waals surface area contributed by atoms with Crippen LogP contribution in [0.25, 0.3) is 21.9 Å². The van der Waals surface area contributed by atoms with E-state index in [0.29, 0.717) is 30.9 Å². The number of carbonyl (C=O) groups is 3. The minimum absolute atomic E-state index is 0.0141. The summed E-state index contributed by atoms with van der Waals surface area (Å²) in [4.78, 5) is 30.9. The smallest absolute Gasteiger partial charge is 0.374 e. The molecule has 0 saturated heterocycles. The van der Waals surface area contributed by atoms with Crippen molar-refractivity contribution in [2.75, 3.05) is 6.61 Å². The number of aliphatic carboxylic acids is 2. The molecule has 3 aromatic rings. The molecule has 1 atom stereocenters. The van der Waals surface area contributed by atoms with Gasteiger partial charge in [-0.25, -0.2) is 14.4 Å². The predicted molar refractivity (Wildman–Crippen MR) is 104 cm³/mol. The van der Waals surface area contributed by atoms with Crippen LogP contribution in [0.3, 0.4) is 0 Å². The van der Waals surface area contributed by atoms with Crippen molar-refractivity contribution in [3.63, 3.8) is 0 Å². The number of fused-ring (bicyclic) bond motifs is 3. The number of furan rings is 1. The first-order valence-electron chi connectivity index (χ1n) is 8.67. The van der Waals surface area contributed by atoms with Gasteiger partial charge in [-0.1, -0.05) is 0 Å². The fourth-order valence-corrected chi connectivity index (χ4v) is 2.55. The van der Waals surface area contributed by atoms with Crippen LogP contribution in [0.4, 0.5) is 0 Å². The van der Waals surface area contributed by atoms with Crippen LogP contribution in [-0.4, -0.2) is 50.6 Å². The van der Waals surface area contributed by atoms with Gasteiger partial charge in [0.2, 0.25) is 5.76 Å². The summed E-state index contributed by atoms with van der Waals surface area (Å²) in [6.07, 6.45) is 2.90. The van der Waals surface area contributed by atoms with E-state index in [-0.39, 0.29) is 11.8 Å². The first-order valence-corrected chi connectivity index (χ1v) is 8.67. The Labute approximate surface area is 165 Å². The maximum atomic E-state index is 11.8. The van der Waals surface area contributed by atoms with Gasteiger partial charge < -0.3 is 25.1 Å². The van der Waals surface area contributed by atoms with Gasteiger partial charge in [0.05, 0.1) is 24.9 Å². The number of benzene rings is 1. The van der Waals surface area contributed by atoms with Crippen molar-refractivity contribution < 1.29 is 33.8 Å². The largest absolute Gasteiger partial charge is 0.478 e. The molecule has 0 aliphatic carbocycles. The van der Waals surface area contributed by atoms with E-state index in [1.807, 2.05) is 23.7 Å². The second-order valence-electron chi connectivity index (χ2n) is 6.06. The number of hydrogen-bond acceptors (Lipinski definition) is 7. The molecule has 0 bridgehead atoms. The summed E-state index contributed by atoms with van der Waals surface area (Å²) in [6.45, 7) is 4.60. The van der Waals surface area contributed by atoms with Crippen molar-refractivity contribution in [1.82, 2.24) is 9.78 Å². The third-order valence-electron chi connectivity index (χ3n) is 3.60. The second-order valence-corrected chi connectivity index (χ2v) is 6.06.